The fourth-order valence-corrected chi connectivity index (χ4v) is 3.53. The molecule has 3 fully saturated rings. The molecule has 3 heterocycles. The van der Waals surface area contributed by atoms with Crippen LogP contribution in [0.25, 0.3) is 0 Å². The van der Waals surface area contributed by atoms with E-state index in [1.165, 1.54) is 25.9 Å². The summed E-state index contributed by atoms with van der Waals surface area (Å²) in [6, 6.07) is 0. The van der Waals surface area contributed by atoms with Gasteiger partial charge in [-0.25, -0.2) is 0 Å². The predicted octanol–water partition coefficient (Wildman–Crippen LogP) is 0.0782. The Hall–Kier alpha value is -0.690. The minimum atomic E-state index is -0.290. The predicted molar refractivity (Wildman–Crippen MR) is 83.8 cm³/mol. The molecule has 0 bridgehead atoms. The third-order valence-corrected chi connectivity index (χ3v) is 4.92. The van der Waals surface area contributed by atoms with Crippen LogP contribution in [0.15, 0.2) is 0 Å². The van der Waals surface area contributed by atoms with E-state index in [0.717, 1.165) is 45.6 Å². The molecule has 3 aliphatic rings. The highest BCUT2D eigenvalue weighted by molar-refractivity contribution is 5.81. The molecule has 1 N–H and O–H groups in total. The normalized spacial score (nSPS) is 28.2. The smallest absolute Gasteiger partial charge is 0.253 e. The number of ether oxygens (including phenoxy) is 2. The number of carbonyl (C=O) groups excluding carboxylic acids is 1. The molecule has 1 unspecified atom stereocenters. The average molecular weight is 311 g/mol. The van der Waals surface area contributed by atoms with Gasteiger partial charge in [-0.15, -0.1) is 0 Å². The molecule has 3 aliphatic heterocycles. The van der Waals surface area contributed by atoms with Crippen LogP contribution in [0.1, 0.15) is 25.7 Å². The lowest BCUT2D eigenvalue weighted by atomic mass is 10.1. The van der Waals surface area contributed by atoms with Crippen LogP contribution in [-0.4, -0.2) is 86.9 Å². The molecule has 6 heteroatoms. The first-order valence-corrected chi connectivity index (χ1v) is 8.78. The van der Waals surface area contributed by atoms with Crippen LogP contribution in [0.2, 0.25) is 0 Å². The average Bonchev–Trinajstić information content (AvgIpc) is 3.09. The Kier molecular flexibility index (Phi) is 6.06. The molecule has 0 aromatic heterocycles. The van der Waals surface area contributed by atoms with Crippen molar-refractivity contribution in [3.05, 3.63) is 0 Å². The summed E-state index contributed by atoms with van der Waals surface area (Å²) in [5.74, 6) is 0.141. The standard InChI is InChI=1S/C16H29N3O3/c20-16(15-13-17-5-11-22-15)19-8-3-14(4-9-19)21-12-10-18-6-1-2-7-18/h14-15,17H,1-13H2. The maximum absolute atomic E-state index is 12.4. The van der Waals surface area contributed by atoms with Crippen molar-refractivity contribution < 1.29 is 14.3 Å². The third kappa shape index (κ3) is 4.41. The molecular weight excluding hydrogens is 282 g/mol. The first-order valence-electron chi connectivity index (χ1n) is 8.78. The van der Waals surface area contributed by atoms with Crippen LogP contribution in [0.3, 0.4) is 0 Å². The van der Waals surface area contributed by atoms with Gasteiger partial charge in [0.25, 0.3) is 5.91 Å². The summed E-state index contributed by atoms with van der Waals surface area (Å²) in [4.78, 5) is 16.8. The summed E-state index contributed by atoms with van der Waals surface area (Å²) < 4.78 is 11.5. The molecule has 0 radical (unpaired) electrons. The number of nitrogens with one attached hydrogen (secondary N) is 1. The van der Waals surface area contributed by atoms with Crippen LogP contribution in [0.4, 0.5) is 0 Å². The zero-order valence-corrected chi connectivity index (χ0v) is 13.5. The zero-order valence-electron chi connectivity index (χ0n) is 13.5. The van der Waals surface area contributed by atoms with Crippen molar-refractivity contribution in [2.24, 2.45) is 0 Å². The van der Waals surface area contributed by atoms with E-state index in [0.29, 0.717) is 19.3 Å². The number of rotatable bonds is 5. The van der Waals surface area contributed by atoms with Gasteiger partial charge in [-0.1, -0.05) is 0 Å². The quantitative estimate of drug-likeness (QED) is 0.779. The molecule has 0 saturated carbocycles. The summed E-state index contributed by atoms with van der Waals surface area (Å²) in [5, 5.41) is 3.22. The Labute approximate surface area is 133 Å². The van der Waals surface area contributed by atoms with Crippen molar-refractivity contribution in [2.75, 3.05) is 59.0 Å². The third-order valence-electron chi connectivity index (χ3n) is 4.92. The molecule has 0 spiro atoms. The van der Waals surface area contributed by atoms with Gasteiger partial charge < -0.3 is 24.6 Å². The van der Waals surface area contributed by atoms with E-state index in [1.807, 2.05) is 4.90 Å². The van der Waals surface area contributed by atoms with Crippen molar-refractivity contribution in [1.82, 2.24) is 15.1 Å². The van der Waals surface area contributed by atoms with E-state index in [9.17, 15) is 4.79 Å². The summed E-state index contributed by atoms with van der Waals surface area (Å²) in [6.07, 6.45) is 4.59. The molecule has 126 valence electrons. The number of nitrogens with zero attached hydrogens (tertiary/aromatic N) is 2. The number of piperidine rings is 1. The minimum absolute atomic E-state index is 0.141. The highest BCUT2D eigenvalue weighted by Gasteiger charge is 2.30. The fraction of sp³-hybridized carbons (Fsp3) is 0.938. The van der Waals surface area contributed by atoms with E-state index in [4.69, 9.17) is 9.47 Å². The van der Waals surface area contributed by atoms with Gasteiger partial charge in [0.15, 0.2) is 0 Å². The Bertz CT molecular complexity index is 347. The lowest BCUT2D eigenvalue weighted by Crippen LogP contribution is -2.51. The number of morpholine rings is 1. The number of hydrogen-bond donors (Lipinski definition) is 1. The second-order valence-corrected chi connectivity index (χ2v) is 6.51. The van der Waals surface area contributed by atoms with Crippen LogP contribution >= 0.6 is 0 Å². The van der Waals surface area contributed by atoms with Gasteiger partial charge in [-0.05, 0) is 38.8 Å². The zero-order chi connectivity index (χ0) is 15.2. The van der Waals surface area contributed by atoms with Crippen molar-refractivity contribution >= 4 is 5.91 Å². The van der Waals surface area contributed by atoms with Crippen molar-refractivity contribution in [2.45, 2.75) is 37.9 Å². The topological polar surface area (TPSA) is 54.0 Å². The van der Waals surface area contributed by atoms with Gasteiger partial charge in [0, 0.05) is 32.7 Å². The maximum atomic E-state index is 12.4. The molecular formula is C16H29N3O3. The number of carbonyl (C=O) groups is 1. The molecule has 3 rings (SSSR count). The van der Waals surface area contributed by atoms with Gasteiger partial charge >= 0.3 is 0 Å². The summed E-state index contributed by atoms with van der Waals surface area (Å²) in [7, 11) is 0. The number of hydrogen-bond acceptors (Lipinski definition) is 5. The lowest BCUT2D eigenvalue weighted by Gasteiger charge is -2.35. The second kappa shape index (κ2) is 8.24. The minimum Gasteiger partial charge on any atom is -0.377 e. The lowest BCUT2D eigenvalue weighted by molar-refractivity contribution is -0.147. The van der Waals surface area contributed by atoms with E-state index in [1.54, 1.807) is 0 Å². The molecule has 0 aromatic rings. The van der Waals surface area contributed by atoms with E-state index < -0.39 is 0 Å². The summed E-state index contributed by atoms with van der Waals surface area (Å²) in [5.41, 5.74) is 0. The van der Waals surface area contributed by atoms with Gasteiger partial charge in [0.05, 0.1) is 19.3 Å². The number of likely N-dealkylation sites (tertiary alicyclic amines) is 2. The van der Waals surface area contributed by atoms with Crippen LogP contribution < -0.4 is 5.32 Å². The Balaban J connectivity index is 1.32. The Morgan fingerprint density at radius 3 is 2.64 bits per heavy atom. The largest absolute Gasteiger partial charge is 0.377 e. The monoisotopic (exact) mass is 311 g/mol. The first kappa shape index (κ1) is 16.2. The summed E-state index contributed by atoms with van der Waals surface area (Å²) in [6.45, 7) is 8.06. The van der Waals surface area contributed by atoms with Crippen LogP contribution in [0, 0.1) is 0 Å². The van der Waals surface area contributed by atoms with E-state index >= 15 is 0 Å². The second-order valence-electron chi connectivity index (χ2n) is 6.51. The molecule has 6 nitrogen and oxygen atoms in total. The van der Waals surface area contributed by atoms with Crippen LogP contribution in [-0.2, 0) is 14.3 Å². The summed E-state index contributed by atoms with van der Waals surface area (Å²) >= 11 is 0. The highest BCUT2D eigenvalue weighted by Crippen LogP contribution is 2.16. The maximum Gasteiger partial charge on any atom is 0.253 e. The number of amides is 1. The van der Waals surface area contributed by atoms with Crippen molar-refractivity contribution in [3.63, 3.8) is 0 Å². The Morgan fingerprint density at radius 2 is 1.95 bits per heavy atom. The van der Waals surface area contributed by atoms with Gasteiger partial charge in [-0.3, -0.25) is 4.79 Å². The van der Waals surface area contributed by atoms with Crippen LogP contribution in [0.5, 0.6) is 0 Å². The molecule has 0 aromatic carbocycles. The van der Waals surface area contributed by atoms with Crippen molar-refractivity contribution in [3.8, 4) is 0 Å². The first-order chi connectivity index (χ1) is 10.8. The molecule has 3 saturated heterocycles. The SMILES string of the molecule is O=C(C1CNCCO1)N1CCC(OCCN2CCCC2)CC1. The van der Waals surface area contributed by atoms with Gasteiger partial charge in [-0.2, -0.15) is 0 Å². The molecule has 22 heavy (non-hydrogen) atoms. The van der Waals surface area contributed by atoms with E-state index in [2.05, 4.69) is 10.2 Å². The highest BCUT2D eigenvalue weighted by atomic mass is 16.5. The molecule has 1 atom stereocenters. The Morgan fingerprint density at radius 1 is 1.18 bits per heavy atom. The molecule has 1 amide bonds. The fourth-order valence-electron chi connectivity index (χ4n) is 3.53. The van der Waals surface area contributed by atoms with Gasteiger partial charge in [0.1, 0.15) is 6.10 Å². The van der Waals surface area contributed by atoms with Gasteiger partial charge in [0.2, 0.25) is 0 Å². The van der Waals surface area contributed by atoms with E-state index in [-0.39, 0.29) is 12.0 Å². The molecule has 0 aliphatic carbocycles. The van der Waals surface area contributed by atoms with Crippen molar-refractivity contribution in [1.29, 1.82) is 0 Å².